The Balaban J connectivity index is 1.81. The summed E-state index contributed by atoms with van der Waals surface area (Å²) < 4.78 is 27.6. The highest BCUT2D eigenvalue weighted by molar-refractivity contribution is 7.88. The number of imidazole rings is 1. The second-order valence-corrected chi connectivity index (χ2v) is 7.95. The molecule has 2 aromatic rings. The minimum Gasteiger partial charge on any atom is -0.337 e. The number of aromatic nitrogens is 2. The number of aryl methyl sites for hydroxylation is 1. The van der Waals surface area contributed by atoms with Crippen LogP contribution in [0.1, 0.15) is 17.0 Å². The van der Waals surface area contributed by atoms with Crippen molar-refractivity contribution in [2.24, 2.45) is 7.05 Å². The van der Waals surface area contributed by atoms with Gasteiger partial charge >= 0.3 is 0 Å². The lowest BCUT2D eigenvalue weighted by Crippen LogP contribution is -2.47. The van der Waals surface area contributed by atoms with Gasteiger partial charge in [0.15, 0.2) is 0 Å². The Bertz CT molecular complexity index is 771. The summed E-state index contributed by atoms with van der Waals surface area (Å²) in [4.78, 5) is 6.77. The maximum absolute atomic E-state index is 11.5. The molecule has 1 aliphatic rings. The zero-order valence-corrected chi connectivity index (χ0v) is 14.3. The van der Waals surface area contributed by atoms with E-state index in [-0.39, 0.29) is 6.04 Å². The van der Waals surface area contributed by atoms with Gasteiger partial charge in [-0.2, -0.15) is 0 Å². The lowest BCUT2D eigenvalue weighted by Gasteiger charge is -2.35. The van der Waals surface area contributed by atoms with Crippen molar-refractivity contribution in [1.29, 1.82) is 0 Å². The van der Waals surface area contributed by atoms with Crippen LogP contribution in [-0.2, 0) is 36.6 Å². The summed E-state index contributed by atoms with van der Waals surface area (Å²) in [5, 5.41) is 0. The molecule has 0 saturated carbocycles. The van der Waals surface area contributed by atoms with E-state index in [1.165, 1.54) is 17.5 Å². The highest BCUT2D eigenvalue weighted by Gasteiger charge is 2.29. The summed E-state index contributed by atoms with van der Waals surface area (Å²) >= 11 is 0. The average Bonchev–Trinajstić information content (AvgIpc) is 2.86. The summed E-state index contributed by atoms with van der Waals surface area (Å²) in [5.41, 5.74) is 3.49. The zero-order chi connectivity index (χ0) is 16.4. The van der Waals surface area contributed by atoms with Gasteiger partial charge in [-0.15, -0.1) is 0 Å². The first-order chi connectivity index (χ1) is 10.9. The van der Waals surface area contributed by atoms with Crippen LogP contribution in [-0.4, -0.2) is 41.7 Å². The van der Waals surface area contributed by atoms with Gasteiger partial charge in [-0.1, -0.05) is 30.3 Å². The van der Waals surface area contributed by atoms with E-state index in [9.17, 15) is 8.42 Å². The van der Waals surface area contributed by atoms with E-state index in [4.69, 9.17) is 0 Å². The molecule has 1 unspecified atom stereocenters. The molecule has 0 saturated heterocycles. The Kier molecular flexibility index (Phi) is 4.52. The van der Waals surface area contributed by atoms with Gasteiger partial charge in [0.1, 0.15) is 0 Å². The lowest BCUT2D eigenvalue weighted by atomic mass is 10.0. The third-order valence-corrected chi connectivity index (χ3v) is 4.94. The third-order valence-electron chi connectivity index (χ3n) is 4.25. The molecule has 124 valence electrons. The highest BCUT2D eigenvalue weighted by atomic mass is 32.2. The van der Waals surface area contributed by atoms with Crippen LogP contribution in [0.3, 0.4) is 0 Å². The fourth-order valence-corrected chi connectivity index (χ4v) is 3.52. The predicted octanol–water partition coefficient (Wildman–Crippen LogP) is 0.896. The minimum atomic E-state index is -3.19. The Morgan fingerprint density at radius 2 is 2.04 bits per heavy atom. The number of hydrogen-bond acceptors (Lipinski definition) is 4. The number of fused-ring (bicyclic) bond motifs is 1. The largest absolute Gasteiger partial charge is 0.337 e. The van der Waals surface area contributed by atoms with E-state index in [0.29, 0.717) is 6.54 Å². The Labute approximate surface area is 137 Å². The van der Waals surface area contributed by atoms with Gasteiger partial charge in [-0.3, -0.25) is 4.90 Å². The molecule has 0 aliphatic carbocycles. The van der Waals surface area contributed by atoms with Crippen LogP contribution in [0.25, 0.3) is 0 Å². The van der Waals surface area contributed by atoms with Crippen LogP contribution < -0.4 is 4.72 Å². The monoisotopic (exact) mass is 334 g/mol. The van der Waals surface area contributed by atoms with E-state index in [0.717, 1.165) is 25.2 Å². The number of nitrogens with zero attached hydrogens (tertiary/aromatic N) is 3. The molecule has 0 spiro atoms. The average molecular weight is 334 g/mol. The molecule has 0 bridgehead atoms. The van der Waals surface area contributed by atoms with Gasteiger partial charge in [0.2, 0.25) is 10.0 Å². The molecule has 1 aliphatic heterocycles. The van der Waals surface area contributed by atoms with E-state index < -0.39 is 10.0 Å². The highest BCUT2D eigenvalue weighted by Crippen LogP contribution is 2.23. The maximum Gasteiger partial charge on any atom is 0.208 e. The number of rotatable bonds is 5. The van der Waals surface area contributed by atoms with Crippen molar-refractivity contribution >= 4 is 10.0 Å². The molecule has 1 N–H and O–H groups in total. The molecule has 6 nitrogen and oxygen atoms in total. The van der Waals surface area contributed by atoms with Crippen molar-refractivity contribution < 1.29 is 8.42 Å². The number of benzene rings is 1. The van der Waals surface area contributed by atoms with Crippen LogP contribution in [0.15, 0.2) is 36.7 Å². The molecular weight excluding hydrogens is 312 g/mol. The molecule has 23 heavy (non-hydrogen) atoms. The van der Waals surface area contributed by atoms with Crippen molar-refractivity contribution in [3.63, 3.8) is 0 Å². The van der Waals surface area contributed by atoms with Gasteiger partial charge in [-0.05, 0) is 5.56 Å². The summed E-state index contributed by atoms with van der Waals surface area (Å²) in [7, 11) is -1.21. The summed E-state index contributed by atoms with van der Waals surface area (Å²) in [6, 6.07) is 10.3. The third kappa shape index (κ3) is 3.99. The van der Waals surface area contributed by atoms with Crippen LogP contribution in [0.5, 0.6) is 0 Å². The Hall–Kier alpha value is -1.70. The summed E-state index contributed by atoms with van der Waals surface area (Å²) in [6.45, 7) is 1.93. The van der Waals surface area contributed by atoms with E-state index in [2.05, 4.69) is 26.7 Å². The molecular formula is C16H22N4O2S. The fourth-order valence-electron chi connectivity index (χ4n) is 3.02. The first kappa shape index (κ1) is 16.2. The van der Waals surface area contributed by atoms with Gasteiger partial charge in [0.25, 0.3) is 0 Å². The molecule has 0 radical (unpaired) electrons. The van der Waals surface area contributed by atoms with E-state index in [1.807, 2.05) is 36.1 Å². The zero-order valence-electron chi connectivity index (χ0n) is 13.4. The normalized spacial score (nSPS) is 18.8. The molecule has 0 amide bonds. The molecule has 2 heterocycles. The van der Waals surface area contributed by atoms with Gasteiger partial charge in [-0.25, -0.2) is 18.1 Å². The standard InChI is InChI=1S/C16H22N4O2S/c1-19-12-17-15-11-20(10-13-6-4-3-5-7-13)14(8-16(15)19)9-18-23(2,21)22/h3-7,12,14,18H,8-11H2,1-2H3. The predicted molar refractivity (Wildman–Crippen MR) is 89.2 cm³/mol. The molecule has 3 rings (SSSR count). The van der Waals surface area contributed by atoms with Gasteiger partial charge in [0.05, 0.1) is 18.3 Å². The maximum atomic E-state index is 11.5. The Morgan fingerprint density at radius 1 is 1.30 bits per heavy atom. The van der Waals surface area contributed by atoms with Crippen molar-refractivity contribution in [1.82, 2.24) is 19.2 Å². The van der Waals surface area contributed by atoms with E-state index in [1.54, 1.807) is 0 Å². The van der Waals surface area contributed by atoms with Crippen LogP contribution in [0.2, 0.25) is 0 Å². The molecule has 1 aromatic carbocycles. The van der Waals surface area contributed by atoms with E-state index >= 15 is 0 Å². The first-order valence-electron chi connectivity index (χ1n) is 7.64. The second kappa shape index (κ2) is 6.43. The van der Waals surface area contributed by atoms with Gasteiger partial charge in [0, 0.05) is 44.8 Å². The topological polar surface area (TPSA) is 67.2 Å². The van der Waals surface area contributed by atoms with Crippen molar-refractivity contribution in [3.05, 3.63) is 53.6 Å². The summed E-state index contributed by atoms with van der Waals surface area (Å²) in [6.07, 6.45) is 3.83. The summed E-state index contributed by atoms with van der Waals surface area (Å²) in [5.74, 6) is 0. The van der Waals surface area contributed by atoms with Crippen molar-refractivity contribution in [2.75, 3.05) is 12.8 Å². The molecule has 1 atom stereocenters. The molecule has 7 heteroatoms. The molecule has 0 fully saturated rings. The van der Waals surface area contributed by atoms with Crippen LogP contribution >= 0.6 is 0 Å². The van der Waals surface area contributed by atoms with Crippen LogP contribution in [0, 0.1) is 0 Å². The Morgan fingerprint density at radius 3 is 2.74 bits per heavy atom. The fraction of sp³-hybridized carbons (Fsp3) is 0.438. The first-order valence-corrected chi connectivity index (χ1v) is 9.53. The molecule has 1 aromatic heterocycles. The van der Waals surface area contributed by atoms with Crippen molar-refractivity contribution in [3.8, 4) is 0 Å². The number of sulfonamides is 1. The minimum absolute atomic E-state index is 0.118. The number of hydrogen-bond donors (Lipinski definition) is 1. The van der Waals surface area contributed by atoms with Crippen LogP contribution in [0.4, 0.5) is 0 Å². The second-order valence-electron chi connectivity index (χ2n) is 6.12. The number of nitrogens with one attached hydrogen (secondary N) is 1. The smallest absolute Gasteiger partial charge is 0.208 e. The van der Waals surface area contributed by atoms with Crippen molar-refractivity contribution in [2.45, 2.75) is 25.6 Å². The SMILES string of the molecule is Cn1cnc2c1CC(CNS(C)(=O)=O)N(Cc1ccccc1)C2. The quantitative estimate of drug-likeness (QED) is 0.882. The lowest BCUT2D eigenvalue weighted by molar-refractivity contribution is 0.159. The van der Waals surface area contributed by atoms with Gasteiger partial charge < -0.3 is 4.57 Å².